The molecule has 0 amide bonds. The third-order valence-corrected chi connectivity index (χ3v) is 5.58. The van der Waals surface area contributed by atoms with Gasteiger partial charge in [0.1, 0.15) is 6.10 Å². The third-order valence-electron chi connectivity index (χ3n) is 5.58. The first-order valence-corrected chi connectivity index (χ1v) is 9.09. The molecule has 0 heterocycles. The summed E-state index contributed by atoms with van der Waals surface area (Å²) < 4.78 is 10.5. The van der Waals surface area contributed by atoms with E-state index in [1.807, 2.05) is 6.08 Å². The molecular weight excluding hydrogens is 304 g/mol. The van der Waals surface area contributed by atoms with Gasteiger partial charge in [-0.3, -0.25) is 4.79 Å². The molecule has 0 aromatic carbocycles. The highest BCUT2D eigenvalue weighted by molar-refractivity contribution is 5.81. The van der Waals surface area contributed by atoms with Gasteiger partial charge in [0.2, 0.25) is 0 Å². The number of rotatable bonds is 6. The summed E-state index contributed by atoms with van der Waals surface area (Å²) in [5.74, 6) is 0.313. The van der Waals surface area contributed by atoms with Crippen molar-refractivity contribution in [2.24, 2.45) is 17.3 Å². The van der Waals surface area contributed by atoms with Gasteiger partial charge < -0.3 is 9.47 Å². The summed E-state index contributed by atoms with van der Waals surface area (Å²) in [6.07, 6.45) is 10.8. The summed E-state index contributed by atoms with van der Waals surface area (Å²) in [5, 5.41) is 0. The van der Waals surface area contributed by atoms with Crippen LogP contribution in [0, 0.1) is 17.3 Å². The van der Waals surface area contributed by atoms with Crippen LogP contribution in [0.1, 0.15) is 59.8 Å². The molecule has 4 heteroatoms. The second kappa shape index (κ2) is 8.00. The molecule has 0 bridgehead atoms. The van der Waals surface area contributed by atoms with Crippen molar-refractivity contribution >= 4 is 11.9 Å². The van der Waals surface area contributed by atoms with Crippen LogP contribution in [-0.4, -0.2) is 24.6 Å². The van der Waals surface area contributed by atoms with Gasteiger partial charge in [-0.1, -0.05) is 31.6 Å². The van der Waals surface area contributed by atoms with Crippen LogP contribution in [-0.2, 0) is 19.1 Å². The monoisotopic (exact) mass is 334 g/mol. The Labute approximate surface area is 145 Å². The van der Waals surface area contributed by atoms with E-state index in [4.69, 9.17) is 9.47 Å². The molecule has 2 aliphatic carbocycles. The standard InChI is InChI=1S/C20H30O4/c1-5-23-19(22)10-6-8-14(2)16-11-12-17-18(24-15(3)21)9-7-13-20(16,17)4/h6,10-11,14,17-18H,5,7-9,12-13H2,1-4H3/t14?,17-,18-,20+/m0/s1. The second-order valence-electron chi connectivity index (χ2n) is 7.25. The average molecular weight is 334 g/mol. The lowest BCUT2D eigenvalue weighted by Gasteiger charge is -2.44. The van der Waals surface area contributed by atoms with Crippen molar-refractivity contribution < 1.29 is 19.1 Å². The van der Waals surface area contributed by atoms with Crippen LogP contribution >= 0.6 is 0 Å². The van der Waals surface area contributed by atoms with Crippen molar-refractivity contribution in [3.8, 4) is 0 Å². The van der Waals surface area contributed by atoms with Crippen molar-refractivity contribution in [3.05, 3.63) is 23.8 Å². The number of hydrogen-bond donors (Lipinski definition) is 0. The van der Waals surface area contributed by atoms with Gasteiger partial charge in [-0.2, -0.15) is 0 Å². The van der Waals surface area contributed by atoms with E-state index in [1.54, 1.807) is 6.92 Å². The summed E-state index contributed by atoms with van der Waals surface area (Å²) in [7, 11) is 0. The summed E-state index contributed by atoms with van der Waals surface area (Å²) in [5.41, 5.74) is 1.56. The Bertz CT molecular complexity index is 534. The normalized spacial score (nSPS) is 30.6. The van der Waals surface area contributed by atoms with Crippen molar-refractivity contribution in [3.63, 3.8) is 0 Å². The summed E-state index contributed by atoms with van der Waals surface area (Å²) in [4.78, 5) is 22.8. The molecule has 4 atom stereocenters. The van der Waals surface area contributed by atoms with E-state index in [0.717, 1.165) is 32.1 Å². The van der Waals surface area contributed by atoms with Crippen molar-refractivity contribution in [1.29, 1.82) is 0 Å². The van der Waals surface area contributed by atoms with Crippen molar-refractivity contribution in [1.82, 2.24) is 0 Å². The minimum absolute atomic E-state index is 0.0391. The van der Waals surface area contributed by atoms with Gasteiger partial charge in [0, 0.05) is 18.9 Å². The lowest BCUT2D eigenvalue weighted by molar-refractivity contribution is -0.153. The minimum Gasteiger partial charge on any atom is -0.463 e. The van der Waals surface area contributed by atoms with Crippen LogP contribution in [0.2, 0.25) is 0 Å². The topological polar surface area (TPSA) is 52.6 Å². The minimum atomic E-state index is -0.276. The van der Waals surface area contributed by atoms with E-state index >= 15 is 0 Å². The SMILES string of the molecule is CCOC(=O)C=CCC(C)C1=CC[C@H]2[C@@H](OC(C)=O)CCC[C@]12C. The fourth-order valence-electron chi connectivity index (χ4n) is 4.53. The fourth-order valence-corrected chi connectivity index (χ4v) is 4.53. The zero-order valence-corrected chi connectivity index (χ0v) is 15.3. The highest BCUT2D eigenvalue weighted by atomic mass is 16.5. The first kappa shape index (κ1) is 18.8. The largest absolute Gasteiger partial charge is 0.463 e. The number of carbonyl (C=O) groups is 2. The van der Waals surface area contributed by atoms with Gasteiger partial charge in [-0.25, -0.2) is 4.79 Å². The summed E-state index contributed by atoms with van der Waals surface area (Å²) >= 11 is 0. The van der Waals surface area contributed by atoms with Crippen LogP contribution in [0.3, 0.4) is 0 Å². The van der Waals surface area contributed by atoms with E-state index in [0.29, 0.717) is 18.4 Å². The molecule has 0 saturated heterocycles. The number of allylic oxidation sites excluding steroid dienone is 3. The first-order chi connectivity index (χ1) is 11.4. The molecule has 2 aliphatic rings. The zero-order chi connectivity index (χ0) is 17.7. The molecule has 0 aromatic heterocycles. The highest BCUT2D eigenvalue weighted by Crippen LogP contribution is 2.55. The molecule has 2 rings (SSSR count). The maximum absolute atomic E-state index is 11.4. The van der Waals surface area contributed by atoms with Crippen molar-refractivity contribution in [2.45, 2.75) is 65.9 Å². The molecule has 24 heavy (non-hydrogen) atoms. The Kier molecular flexibility index (Phi) is 6.25. The molecular formula is C20H30O4. The smallest absolute Gasteiger partial charge is 0.330 e. The molecule has 0 spiro atoms. The summed E-state index contributed by atoms with van der Waals surface area (Å²) in [6.45, 7) is 8.24. The highest BCUT2D eigenvalue weighted by Gasteiger charge is 2.49. The van der Waals surface area contributed by atoms with Crippen LogP contribution < -0.4 is 0 Å². The average Bonchev–Trinajstić information content (AvgIpc) is 2.85. The van der Waals surface area contributed by atoms with E-state index in [1.165, 1.54) is 18.6 Å². The van der Waals surface area contributed by atoms with E-state index in [2.05, 4.69) is 19.9 Å². The van der Waals surface area contributed by atoms with Crippen LogP contribution in [0.5, 0.6) is 0 Å². The molecule has 4 nitrogen and oxygen atoms in total. The maximum atomic E-state index is 11.4. The quantitative estimate of drug-likeness (QED) is 0.415. The lowest BCUT2D eigenvalue weighted by Crippen LogP contribution is -2.41. The predicted octanol–water partition coefficient (Wildman–Crippen LogP) is 4.20. The van der Waals surface area contributed by atoms with Crippen molar-refractivity contribution in [2.75, 3.05) is 6.61 Å². The van der Waals surface area contributed by atoms with Gasteiger partial charge in [-0.15, -0.1) is 0 Å². The third kappa shape index (κ3) is 4.08. The Morgan fingerprint density at radius 2 is 2.21 bits per heavy atom. The molecule has 0 aromatic rings. The predicted molar refractivity (Wildman–Crippen MR) is 93.3 cm³/mol. The van der Waals surface area contributed by atoms with E-state index < -0.39 is 0 Å². The molecule has 134 valence electrons. The fraction of sp³-hybridized carbons (Fsp3) is 0.700. The van der Waals surface area contributed by atoms with Gasteiger partial charge in [0.05, 0.1) is 6.61 Å². The summed E-state index contributed by atoms with van der Waals surface area (Å²) in [6, 6.07) is 0. The van der Waals surface area contributed by atoms with E-state index in [-0.39, 0.29) is 23.5 Å². The first-order valence-electron chi connectivity index (χ1n) is 9.09. The molecule has 0 N–H and O–H groups in total. The maximum Gasteiger partial charge on any atom is 0.330 e. The molecule has 1 unspecified atom stereocenters. The Balaban J connectivity index is 2.01. The Morgan fingerprint density at radius 1 is 1.46 bits per heavy atom. The number of fused-ring (bicyclic) bond motifs is 1. The number of carbonyl (C=O) groups excluding carboxylic acids is 2. The van der Waals surface area contributed by atoms with Crippen LogP contribution in [0.15, 0.2) is 23.8 Å². The van der Waals surface area contributed by atoms with Crippen LogP contribution in [0.25, 0.3) is 0 Å². The zero-order valence-electron chi connectivity index (χ0n) is 15.3. The molecule has 1 fully saturated rings. The molecule has 0 radical (unpaired) electrons. The van der Waals surface area contributed by atoms with Gasteiger partial charge >= 0.3 is 11.9 Å². The second-order valence-corrected chi connectivity index (χ2v) is 7.25. The van der Waals surface area contributed by atoms with Gasteiger partial charge in [-0.05, 0) is 50.4 Å². The van der Waals surface area contributed by atoms with Gasteiger partial charge in [0.15, 0.2) is 0 Å². The molecule has 1 saturated carbocycles. The van der Waals surface area contributed by atoms with E-state index in [9.17, 15) is 9.59 Å². The number of ether oxygens (including phenoxy) is 2. The number of esters is 2. The molecule has 0 aliphatic heterocycles. The number of hydrogen-bond acceptors (Lipinski definition) is 4. The Morgan fingerprint density at radius 3 is 2.88 bits per heavy atom. The van der Waals surface area contributed by atoms with Crippen LogP contribution in [0.4, 0.5) is 0 Å². The van der Waals surface area contributed by atoms with Gasteiger partial charge in [0.25, 0.3) is 0 Å². The Hall–Kier alpha value is -1.58. The lowest BCUT2D eigenvalue weighted by atomic mass is 9.63.